The van der Waals surface area contributed by atoms with E-state index in [4.69, 9.17) is 10.2 Å². The van der Waals surface area contributed by atoms with Gasteiger partial charge in [0.15, 0.2) is 15.0 Å². The number of benzene rings is 2. The molecule has 0 saturated heterocycles. The first-order valence-electron chi connectivity index (χ1n) is 11.5. The van der Waals surface area contributed by atoms with E-state index in [0.717, 1.165) is 41.2 Å². The maximum absolute atomic E-state index is 12.6. The van der Waals surface area contributed by atoms with E-state index >= 15 is 0 Å². The van der Waals surface area contributed by atoms with E-state index in [-0.39, 0.29) is 28.5 Å². The first kappa shape index (κ1) is 25.0. The number of fused-ring (bicyclic) bond motifs is 1. The van der Waals surface area contributed by atoms with Crippen molar-refractivity contribution in [3.63, 3.8) is 0 Å². The molecule has 3 aromatic rings. The Morgan fingerprint density at radius 3 is 2.40 bits per heavy atom. The molecule has 1 aliphatic heterocycles. The van der Waals surface area contributed by atoms with Crippen LogP contribution in [0, 0.1) is 11.3 Å². The number of aromatic nitrogens is 1. The number of nitrogens with zero attached hydrogens (tertiary/aromatic N) is 3. The smallest absolute Gasteiger partial charge is 0.230 e. The summed E-state index contributed by atoms with van der Waals surface area (Å²) >= 11 is 1.50. The Hall–Kier alpha value is -3.06. The van der Waals surface area contributed by atoms with Crippen LogP contribution >= 0.6 is 11.3 Å². The maximum atomic E-state index is 12.6. The molecule has 35 heavy (non-hydrogen) atoms. The van der Waals surface area contributed by atoms with E-state index in [1.807, 2.05) is 24.3 Å². The SMILES string of the molecule is CC[C@@]1(C)c2nc(NC(=O)Cc3ccc(S(=O)(=O)CC)cc3)sc2CN1Cc1ccc(C#N)cc1. The van der Waals surface area contributed by atoms with E-state index in [9.17, 15) is 13.2 Å². The zero-order valence-electron chi connectivity index (χ0n) is 20.0. The van der Waals surface area contributed by atoms with Crippen molar-refractivity contribution < 1.29 is 13.2 Å². The van der Waals surface area contributed by atoms with Crippen LogP contribution in [0.15, 0.2) is 53.4 Å². The Kier molecular flexibility index (Phi) is 7.08. The third kappa shape index (κ3) is 5.15. The number of sulfone groups is 1. The minimum Gasteiger partial charge on any atom is -0.302 e. The van der Waals surface area contributed by atoms with E-state index < -0.39 is 9.84 Å². The summed E-state index contributed by atoms with van der Waals surface area (Å²) in [6.45, 7) is 7.43. The third-order valence-electron chi connectivity index (χ3n) is 6.66. The van der Waals surface area contributed by atoms with Crippen molar-refractivity contribution in [2.75, 3.05) is 11.1 Å². The average molecular weight is 509 g/mol. The highest BCUT2D eigenvalue weighted by Crippen LogP contribution is 2.45. The van der Waals surface area contributed by atoms with Crippen LogP contribution in [0.2, 0.25) is 0 Å². The van der Waals surface area contributed by atoms with Gasteiger partial charge in [0.1, 0.15) is 0 Å². The molecule has 1 atom stereocenters. The van der Waals surface area contributed by atoms with Crippen molar-refractivity contribution in [2.45, 2.75) is 57.1 Å². The van der Waals surface area contributed by atoms with Gasteiger partial charge < -0.3 is 5.32 Å². The minimum absolute atomic E-state index is 0.0448. The van der Waals surface area contributed by atoms with Gasteiger partial charge in [-0.15, -0.1) is 0 Å². The number of hydrogen-bond donors (Lipinski definition) is 1. The summed E-state index contributed by atoms with van der Waals surface area (Å²) in [5, 5.41) is 12.5. The molecule has 9 heteroatoms. The van der Waals surface area contributed by atoms with Gasteiger partial charge in [-0.3, -0.25) is 9.69 Å². The number of hydrogen-bond acceptors (Lipinski definition) is 7. The highest BCUT2D eigenvalue weighted by atomic mass is 32.2. The average Bonchev–Trinajstić information content (AvgIpc) is 3.36. The second-order valence-electron chi connectivity index (χ2n) is 8.86. The second kappa shape index (κ2) is 9.90. The Morgan fingerprint density at radius 1 is 1.14 bits per heavy atom. The van der Waals surface area contributed by atoms with E-state index in [2.05, 4.69) is 30.1 Å². The molecule has 4 rings (SSSR count). The number of thiazole rings is 1. The van der Waals surface area contributed by atoms with Crippen molar-refractivity contribution in [1.82, 2.24) is 9.88 Å². The van der Waals surface area contributed by atoms with Crippen molar-refractivity contribution in [3.8, 4) is 6.07 Å². The first-order valence-corrected chi connectivity index (χ1v) is 14.0. The zero-order chi connectivity index (χ0) is 25.2. The monoisotopic (exact) mass is 508 g/mol. The normalized spacial score (nSPS) is 17.7. The van der Waals surface area contributed by atoms with Crippen LogP contribution in [0.3, 0.4) is 0 Å². The topological polar surface area (TPSA) is 103 Å². The number of amides is 1. The Bertz CT molecular complexity index is 1370. The van der Waals surface area contributed by atoms with Crippen LogP contribution in [0.5, 0.6) is 0 Å². The number of carbonyl (C=O) groups excluding carboxylic acids is 1. The highest BCUT2D eigenvalue weighted by molar-refractivity contribution is 7.91. The summed E-state index contributed by atoms with van der Waals surface area (Å²) in [7, 11) is -3.26. The van der Waals surface area contributed by atoms with Gasteiger partial charge >= 0.3 is 0 Å². The van der Waals surface area contributed by atoms with Crippen molar-refractivity contribution >= 4 is 32.2 Å². The molecule has 1 aromatic heterocycles. The molecule has 2 aromatic carbocycles. The summed E-state index contributed by atoms with van der Waals surface area (Å²) in [4.78, 5) is 21.2. The molecule has 1 aliphatic rings. The molecule has 0 spiro atoms. The van der Waals surface area contributed by atoms with Crippen LogP contribution in [0.25, 0.3) is 0 Å². The molecule has 1 amide bonds. The summed E-state index contributed by atoms with van der Waals surface area (Å²) in [5.41, 5.74) is 3.29. The predicted octanol–water partition coefficient (Wildman–Crippen LogP) is 4.63. The molecule has 1 N–H and O–H groups in total. The molecule has 0 radical (unpaired) electrons. The van der Waals surface area contributed by atoms with Gasteiger partial charge in [0, 0.05) is 18.0 Å². The minimum atomic E-state index is -3.26. The van der Waals surface area contributed by atoms with Gasteiger partial charge in [0.25, 0.3) is 0 Å². The number of nitriles is 1. The molecule has 0 aliphatic carbocycles. The molecule has 2 heterocycles. The van der Waals surface area contributed by atoms with E-state index in [1.165, 1.54) is 11.3 Å². The fourth-order valence-corrected chi connectivity index (χ4v) is 6.29. The van der Waals surface area contributed by atoms with Crippen LogP contribution < -0.4 is 5.32 Å². The van der Waals surface area contributed by atoms with E-state index in [0.29, 0.717) is 10.7 Å². The van der Waals surface area contributed by atoms with Gasteiger partial charge in [0.05, 0.1) is 39.9 Å². The Morgan fingerprint density at radius 2 is 1.80 bits per heavy atom. The molecule has 182 valence electrons. The van der Waals surface area contributed by atoms with Crippen LogP contribution in [-0.2, 0) is 39.7 Å². The molecule has 0 bridgehead atoms. The summed E-state index contributed by atoms with van der Waals surface area (Å²) in [5.74, 6) is -0.139. The van der Waals surface area contributed by atoms with Gasteiger partial charge in [0.2, 0.25) is 5.91 Å². The van der Waals surface area contributed by atoms with Gasteiger partial charge in [-0.2, -0.15) is 5.26 Å². The number of rotatable bonds is 8. The Balaban J connectivity index is 1.43. The fourth-order valence-electron chi connectivity index (χ4n) is 4.29. The fraction of sp³-hybridized carbons (Fsp3) is 0.346. The molecule has 0 unspecified atom stereocenters. The number of nitrogens with one attached hydrogen (secondary N) is 1. The summed E-state index contributed by atoms with van der Waals surface area (Å²) < 4.78 is 23.9. The Labute approximate surface area is 210 Å². The molecular weight excluding hydrogens is 480 g/mol. The van der Waals surface area contributed by atoms with Gasteiger partial charge in [-0.05, 0) is 48.7 Å². The number of carbonyl (C=O) groups is 1. The quantitative estimate of drug-likeness (QED) is 0.476. The lowest BCUT2D eigenvalue weighted by molar-refractivity contribution is -0.115. The lowest BCUT2D eigenvalue weighted by Gasteiger charge is -2.34. The molecule has 0 saturated carbocycles. The standard InChI is InChI=1S/C26H28N4O3S2/c1-4-26(3)24-22(17-30(26)16-20-8-6-19(15-27)7-9-20)34-25(29-24)28-23(31)14-18-10-12-21(13-11-18)35(32,33)5-2/h6-13H,4-5,14,16-17H2,1-3H3,(H,28,29,31)/t26-/m0/s1. The summed E-state index contributed by atoms with van der Waals surface area (Å²) in [6, 6.07) is 16.3. The molecule has 7 nitrogen and oxygen atoms in total. The van der Waals surface area contributed by atoms with Gasteiger partial charge in [-0.1, -0.05) is 49.4 Å². The summed E-state index contributed by atoms with van der Waals surface area (Å²) in [6.07, 6.45) is 1.02. The van der Waals surface area contributed by atoms with Crippen molar-refractivity contribution in [3.05, 3.63) is 75.8 Å². The number of anilines is 1. The van der Waals surface area contributed by atoms with Crippen molar-refractivity contribution in [2.24, 2.45) is 0 Å². The lowest BCUT2D eigenvalue weighted by Crippen LogP contribution is -2.37. The van der Waals surface area contributed by atoms with E-state index in [1.54, 1.807) is 31.2 Å². The first-order chi connectivity index (χ1) is 16.7. The molecular formula is C26H28N4O3S2. The largest absolute Gasteiger partial charge is 0.302 e. The predicted molar refractivity (Wildman–Crippen MR) is 137 cm³/mol. The van der Waals surface area contributed by atoms with Crippen molar-refractivity contribution in [1.29, 1.82) is 5.26 Å². The lowest BCUT2D eigenvalue weighted by atomic mass is 9.95. The molecule has 0 fully saturated rings. The maximum Gasteiger partial charge on any atom is 0.230 e. The second-order valence-corrected chi connectivity index (χ2v) is 12.2. The third-order valence-corrected chi connectivity index (χ3v) is 9.36. The van der Waals surface area contributed by atoms with Crippen LogP contribution in [0.4, 0.5) is 5.13 Å². The zero-order valence-corrected chi connectivity index (χ0v) is 21.7. The van der Waals surface area contributed by atoms with Gasteiger partial charge in [-0.25, -0.2) is 13.4 Å². The van der Waals surface area contributed by atoms with Crippen LogP contribution in [0.1, 0.15) is 54.5 Å². The van der Waals surface area contributed by atoms with Crippen LogP contribution in [-0.4, -0.2) is 30.0 Å². The highest BCUT2D eigenvalue weighted by Gasteiger charge is 2.43.